The van der Waals surface area contributed by atoms with Crippen LogP contribution in [-0.2, 0) is 0 Å². The fourth-order valence-corrected chi connectivity index (χ4v) is 2.56. The first kappa shape index (κ1) is 6.78. The minimum atomic E-state index is 0.151. The van der Waals surface area contributed by atoms with Crippen LogP contribution in [-0.4, -0.2) is 14.5 Å². The molecule has 0 atom stereocenters. The van der Waals surface area contributed by atoms with Crippen molar-refractivity contribution < 1.29 is 0 Å². The van der Waals surface area contributed by atoms with Gasteiger partial charge >= 0.3 is 59.6 Å². The zero-order chi connectivity index (χ0) is 6.85. The van der Waals surface area contributed by atoms with Crippen LogP contribution in [0.5, 0.6) is 0 Å². The third kappa shape index (κ3) is 1.81. The molecule has 0 spiro atoms. The summed E-state index contributed by atoms with van der Waals surface area (Å²) in [6.07, 6.45) is 0. The molecule has 1 aromatic rings. The summed E-state index contributed by atoms with van der Waals surface area (Å²) in [5.41, 5.74) is 0.151. The van der Waals surface area contributed by atoms with E-state index >= 15 is 0 Å². The van der Waals surface area contributed by atoms with Gasteiger partial charge in [-0.2, -0.15) is 0 Å². The molecule has 0 aliphatic rings. The first-order valence-electron chi connectivity index (χ1n) is 2.77. The van der Waals surface area contributed by atoms with E-state index in [1.165, 1.54) is 8.87 Å². The van der Waals surface area contributed by atoms with E-state index in [2.05, 4.69) is 0 Å². The Hall–Kier alpha value is -0.331. The molecule has 1 heterocycles. The molecule has 1 rings (SSSR count). The Kier molecular flexibility index (Phi) is 1.89. The van der Waals surface area contributed by atoms with Crippen molar-refractivity contribution in [2.24, 2.45) is 0 Å². The fraction of sp³-hybridized carbons (Fsp3) is 0.286. The second-order valence-corrected chi connectivity index (χ2v) is 5.14. The summed E-state index contributed by atoms with van der Waals surface area (Å²) in [7, 11) is 0. The molecule has 0 fully saturated rings. The maximum absolute atomic E-state index is 10.7. The molecule has 0 aromatic carbocycles. The van der Waals surface area contributed by atoms with E-state index in [1.807, 2.05) is 13.8 Å². The second kappa shape index (κ2) is 2.51. The van der Waals surface area contributed by atoms with Crippen molar-refractivity contribution in [2.75, 3.05) is 0 Å². The summed E-state index contributed by atoms with van der Waals surface area (Å²) in [5, 5.41) is 0. The minimum absolute atomic E-state index is 0.151. The monoisotopic (exact) mass is 188 g/mol. The second-order valence-electron chi connectivity index (χ2n) is 2.01. The molecule has 0 amide bonds. The van der Waals surface area contributed by atoms with Crippen molar-refractivity contribution in [2.45, 2.75) is 13.8 Å². The predicted octanol–water partition coefficient (Wildman–Crippen LogP) is 0.721. The molecular weight excluding hydrogens is 179 g/mol. The average molecular weight is 187 g/mol. The van der Waals surface area contributed by atoms with Gasteiger partial charge in [0.15, 0.2) is 0 Å². The topological polar surface area (TPSA) is 17.1 Å². The van der Waals surface area contributed by atoms with Crippen LogP contribution >= 0.6 is 0 Å². The molecule has 0 radical (unpaired) electrons. The van der Waals surface area contributed by atoms with Crippen molar-refractivity contribution in [1.82, 2.24) is 0 Å². The molecule has 0 saturated heterocycles. The zero-order valence-corrected chi connectivity index (χ0v) is 7.18. The van der Waals surface area contributed by atoms with Crippen LogP contribution in [0.4, 0.5) is 0 Å². The molecule has 0 bridgehead atoms. The summed E-state index contributed by atoms with van der Waals surface area (Å²) in [6.45, 7) is 4.02. The molecule has 2 heteroatoms. The van der Waals surface area contributed by atoms with E-state index in [9.17, 15) is 4.79 Å². The molecule has 0 N–H and O–H groups in total. The molecule has 0 aliphatic carbocycles. The van der Waals surface area contributed by atoms with Crippen molar-refractivity contribution in [3.05, 3.63) is 31.2 Å². The van der Waals surface area contributed by atoms with Crippen LogP contribution in [0.3, 0.4) is 0 Å². The summed E-state index contributed by atoms with van der Waals surface area (Å²) in [5.74, 6) is 0. The molecule has 0 saturated carbocycles. The van der Waals surface area contributed by atoms with Gasteiger partial charge in [0.2, 0.25) is 0 Å². The van der Waals surface area contributed by atoms with E-state index < -0.39 is 0 Å². The van der Waals surface area contributed by atoms with Crippen LogP contribution in [0, 0.1) is 13.8 Å². The van der Waals surface area contributed by atoms with Crippen molar-refractivity contribution >= 4 is 14.5 Å². The third-order valence-electron chi connectivity index (χ3n) is 1.01. The van der Waals surface area contributed by atoms with Gasteiger partial charge in [-0.1, -0.05) is 0 Å². The number of aryl methyl sites for hydroxylation is 2. The van der Waals surface area contributed by atoms with Crippen molar-refractivity contribution in [3.8, 4) is 0 Å². The van der Waals surface area contributed by atoms with Crippen LogP contribution in [0.15, 0.2) is 16.9 Å². The van der Waals surface area contributed by atoms with Crippen LogP contribution < -0.4 is 5.43 Å². The fourth-order valence-electron chi connectivity index (χ4n) is 0.755. The van der Waals surface area contributed by atoms with Gasteiger partial charge in [-0.15, -0.1) is 0 Å². The van der Waals surface area contributed by atoms with Gasteiger partial charge in [0.05, 0.1) is 0 Å². The van der Waals surface area contributed by atoms with Crippen LogP contribution in [0.1, 0.15) is 8.87 Å². The predicted molar refractivity (Wildman–Crippen MR) is 39.1 cm³/mol. The number of hydrogen-bond acceptors (Lipinski definition) is 1. The summed E-state index contributed by atoms with van der Waals surface area (Å²) in [4.78, 5) is 10.7. The van der Waals surface area contributed by atoms with E-state index in [0.717, 1.165) is 0 Å². The van der Waals surface area contributed by atoms with E-state index in [1.54, 1.807) is 12.1 Å². The summed E-state index contributed by atoms with van der Waals surface area (Å²) >= 11 is 0.452. The maximum atomic E-state index is 10.7. The molecule has 1 aromatic heterocycles. The Morgan fingerprint density at radius 3 is 2.00 bits per heavy atom. The van der Waals surface area contributed by atoms with Gasteiger partial charge in [0.1, 0.15) is 0 Å². The van der Waals surface area contributed by atoms with Gasteiger partial charge in [-0.25, -0.2) is 0 Å². The first-order chi connectivity index (χ1) is 4.18. The molecular formula is C7H8OSe. The Morgan fingerprint density at radius 2 is 1.67 bits per heavy atom. The van der Waals surface area contributed by atoms with E-state index in [0.29, 0.717) is 14.5 Å². The quantitative estimate of drug-likeness (QED) is 0.547. The molecule has 1 nitrogen and oxygen atoms in total. The Bertz CT molecular complexity index is 239. The molecule has 0 unspecified atom stereocenters. The van der Waals surface area contributed by atoms with E-state index in [-0.39, 0.29) is 5.43 Å². The number of rotatable bonds is 0. The Balaban J connectivity index is 3.33. The van der Waals surface area contributed by atoms with Crippen molar-refractivity contribution in [1.29, 1.82) is 0 Å². The molecule has 9 heavy (non-hydrogen) atoms. The Morgan fingerprint density at radius 1 is 1.22 bits per heavy atom. The van der Waals surface area contributed by atoms with Crippen molar-refractivity contribution in [3.63, 3.8) is 0 Å². The third-order valence-corrected chi connectivity index (χ3v) is 2.86. The van der Waals surface area contributed by atoms with Gasteiger partial charge < -0.3 is 0 Å². The van der Waals surface area contributed by atoms with Gasteiger partial charge in [-0.05, 0) is 0 Å². The first-order valence-corrected chi connectivity index (χ1v) is 4.48. The number of hydrogen-bond donors (Lipinski definition) is 0. The van der Waals surface area contributed by atoms with E-state index in [4.69, 9.17) is 0 Å². The summed E-state index contributed by atoms with van der Waals surface area (Å²) in [6, 6.07) is 3.43. The van der Waals surface area contributed by atoms with Gasteiger partial charge in [0.25, 0.3) is 0 Å². The SMILES string of the molecule is Cc1cc(=O)cc(C)[se]1. The standard InChI is InChI=1S/C7H8OSe/c1-5-3-7(8)4-6(2)9-5/h3-4H,1-2H3. The van der Waals surface area contributed by atoms with Gasteiger partial charge in [-0.3, -0.25) is 0 Å². The zero-order valence-electron chi connectivity index (χ0n) is 5.47. The van der Waals surface area contributed by atoms with Crippen LogP contribution in [0.25, 0.3) is 0 Å². The summed E-state index contributed by atoms with van der Waals surface area (Å²) < 4.78 is 2.46. The van der Waals surface area contributed by atoms with Crippen LogP contribution in [0.2, 0.25) is 0 Å². The molecule has 48 valence electrons. The van der Waals surface area contributed by atoms with Gasteiger partial charge in [0, 0.05) is 0 Å². The molecule has 0 aliphatic heterocycles. The normalized spacial score (nSPS) is 9.56. The Labute approximate surface area is 60.1 Å². The average Bonchev–Trinajstić information content (AvgIpc) is 1.59.